The maximum absolute atomic E-state index is 12.0. The van der Waals surface area contributed by atoms with Crippen molar-refractivity contribution in [2.24, 2.45) is 0 Å². The molecule has 1 aliphatic heterocycles. The second-order valence-electron chi connectivity index (χ2n) is 6.24. The molecule has 5 nitrogen and oxygen atoms in total. The van der Waals surface area contributed by atoms with E-state index in [0.717, 1.165) is 0 Å². The fraction of sp³-hybridized carbons (Fsp3) is 0.571. The van der Waals surface area contributed by atoms with E-state index in [1.54, 1.807) is 12.3 Å². The van der Waals surface area contributed by atoms with E-state index >= 15 is 0 Å². The monoisotopic (exact) mass is 309 g/mol. The normalized spacial score (nSPS) is 21.3. The lowest BCUT2D eigenvalue weighted by Crippen LogP contribution is -2.41. The molecule has 1 aromatic rings. The minimum atomic E-state index is -1.17. The maximum atomic E-state index is 12.0. The van der Waals surface area contributed by atoms with Crippen molar-refractivity contribution >= 4 is 29.2 Å². The van der Waals surface area contributed by atoms with Crippen LogP contribution in [-0.4, -0.2) is 45.3 Å². The van der Waals surface area contributed by atoms with E-state index in [1.165, 1.54) is 12.5 Å². The maximum Gasteiger partial charge on any atom is 0.496 e. The third-order valence-corrected chi connectivity index (χ3v) is 4.61. The highest BCUT2D eigenvalue weighted by Crippen LogP contribution is 2.36. The van der Waals surface area contributed by atoms with Gasteiger partial charge in [0.1, 0.15) is 0 Å². The summed E-state index contributed by atoms with van der Waals surface area (Å²) < 4.78 is 23.0. The van der Waals surface area contributed by atoms with E-state index in [4.69, 9.17) is 9.31 Å². The molecule has 0 bridgehead atoms. The van der Waals surface area contributed by atoms with Crippen LogP contribution in [0.4, 0.5) is 0 Å². The summed E-state index contributed by atoms with van der Waals surface area (Å²) >= 11 is 0. The number of carbonyl (C=O) groups excluding carboxylic acids is 1. The van der Waals surface area contributed by atoms with Gasteiger partial charge in [-0.15, -0.1) is 0 Å². The zero-order valence-electron chi connectivity index (χ0n) is 13.0. The summed E-state index contributed by atoms with van der Waals surface area (Å²) in [5, 5.41) is 0. The molecular weight excluding hydrogens is 289 g/mol. The van der Waals surface area contributed by atoms with E-state index in [0.29, 0.717) is 11.0 Å². The highest BCUT2D eigenvalue weighted by molar-refractivity contribution is 7.85. The number of aromatic nitrogens is 1. The molecule has 2 heterocycles. The van der Waals surface area contributed by atoms with Gasteiger partial charge in [-0.1, -0.05) is 0 Å². The smallest absolute Gasteiger partial charge is 0.399 e. The zero-order chi connectivity index (χ0) is 15.8. The lowest BCUT2D eigenvalue weighted by atomic mass is 9.79. The van der Waals surface area contributed by atoms with Crippen molar-refractivity contribution < 1.29 is 18.3 Å². The molecule has 0 aromatic carbocycles. The van der Waals surface area contributed by atoms with Crippen molar-refractivity contribution in [2.75, 3.05) is 12.0 Å². The Morgan fingerprint density at radius 2 is 1.81 bits per heavy atom. The minimum absolute atomic E-state index is 0.00546. The Hall–Kier alpha value is -1.05. The van der Waals surface area contributed by atoms with Gasteiger partial charge in [0.05, 0.1) is 17.0 Å². The largest absolute Gasteiger partial charge is 0.496 e. The summed E-state index contributed by atoms with van der Waals surface area (Å²) in [6.45, 7) is 7.87. The molecule has 1 unspecified atom stereocenters. The molecule has 0 saturated carbocycles. The third kappa shape index (κ3) is 3.41. The second kappa shape index (κ2) is 5.63. The quantitative estimate of drug-likeness (QED) is 0.612. The van der Waals surface area contributed by atoms with Crippen LogP contribution in [0.1, 0.15) is 38.1 Å². The molecule has 0 spiro atoms. The Morgan fingerprint density at radius 1 is 1.24 bits per heavy atom. The van der Waals surface area contributed by atoms with Gasteiger partial charge in [-0.2, -0.15) is 0 Å². The van der Waals surface area contributed by atoms with Gasteiger partial charge in [0.2, 0.25) is 0 Å². The highest BCUT2D eigenvalue weighted by Gasteiger charge is 2.51. The average Bonchev–Trinajstić information content (AvgIpc) is 2.58. The molecule has 0 aliphatic carbocycles. The first-order valence-corrected chi connectivity index (χ1v) is 8.49. The lowest BCUT2D eigenvalue weighted by molar-refractivity contribution is 0.00578. The lowest BCUT2D eigenvalue weighted by Gasteiger charge is -2.32. The van der Waals surface area contributed by atoms with Crippen molar-refractivity contribution in [1.82, 2.24) is 4.98 Å². The number of carbonyl (C=O) groups is 1. The van der Waals surface area contributed by atoms with E-state index in [2.05, 4.69) is 4.98 Å². The molecule has 1 aromatic heterocycles. The average molecular weight is 309 g/mol. The fourth-order valence-corrected chi connectivity index (χ4v) is 2.52. The first-order valence-electron chi connectivity index (χ1n) is 6.76. The van der Waals surface area contributed by atoms with Crippen molar-refractivity contribution in [3.8, 4) is 0 Å². The molecule has 0 amide bonds. The van der Waals surface area contributed by atoms with Gasteiger partial charge in [0.15, 0.2) is 5.78 Å². The van der Waals surface area contributed by atoms with Crippen LogP contribution >= 0.6 is 0 Å². The first kappa shape index (κ1) is 16.3. The van der Waals surface area contributed by atoms with Crippen molar-refractivity contribution in [3.63, 3.8) is 0 Å². The van der Waals surface area contributed by atoms with Crippen LogP contribution in [0.3, 0.4) is 0 Å². The SMILES string of the molecule is CS(=O)CC(=O)c1cncc(B2OC(C)(C)C(C)(C)O2)c1. The Balaban J connectivity index is 2.23. The van der Waals surface area contributed by atoms with Gasteiger partial charge >= 0.3 is 7.12 Å². The molecular formula is C14H20BNO4S. The van der Waals surface area contributed by atoms with Gasteiger partial charge < -0.3 is 9.31 Å². The number of nitrogens with zero attached hydrogens (tertiary/aromatic N) is 1. The molecule has 1 fully saturated rings. The summed E-state index contributed by atoms with van der Waals surface area (Å²) in [6.07, 6.45) is 4.61. The second-order valence-corrected chi connectivity index (χ2v) is 7.67. The van der Waals surface area contributed by atoms with Gasteiger partial charge in [-0.05, 0) is 33.8 Å². The Bertz CT molecular complexity index is 572. The highest BCUT2D eigenvalue weighted by atomic mass is 32.2. The summed E-state index contributed by atoms with van der Waals surface area (Å²) in [5.74, 6) is -0.198. The molecule has 2 rings (SSSR count). The summed E-state index contributed by atoms with van der Waals surface area (Å²) in [6, 6.07) is 1.70. The summed E-state index contributed by atoms with van der Waals surface area (Å²) in [7, 11) is -1.72. The molecule has 0 N–H and O–H groups in total. The fourth-order valence-electron chi connectivity index (χ4n) is 1.99. The van der Waals surface area contributed by atoms with Crippen LogP contribution in [0.25, 0.3) is 0 Å². The van der Waals surface area contributed by atoms with Crippen LogP contribution in [0.2, 0.25) is 0 Å². The van der Waals surface area contributed by atoms with Crippen LogP contribution in [0.5, 0.6) is 0 Å². The minimum Gasteiger partial charge on any atom is -0.399 e. The summed E-state index contributed by atoms with van der Waals surface area (Å²) in [5.41, 5.74) is 0.240. The Labute approximate surface area is 128 Å². The predicted octanol–water partition coefficient (Wildman–Crippen LogP) is 0.942. The van der Waals surface area contributed by atoms with E-state index in [-0.39, 0.29) is 11.5 Å². The number of rotatable bonds is 4. The Kier molecular flexibility index (Phi) is 4.37. The topological polar surface area (TPSA) is 65.5 Å². The van der Waals surface area contributed by atoms with Crippen LogP contribution in [0.15, 0.2) is 18.5 Å². The molecule has 1 atom stereocenters. The van der Waals surface area contributed by atoms with Crippen molar-refractivity contribution in [3.05, 3.63) is 24.0 Å². The molecule has 0 radical (unpaired) electrons. The first-order chi connectivity index (χ1) is 9.62. The third-order valence-electron chi connectivity index (χ3n) is 3.94. The van der Waals surface area contributed by atoms with Gasteiger partial charge in [0.25, 0.3) is 0 Å². The van der Waals surface area contributed by atoms with E-state index in [1.807, 2.05) is 27.7 Å². The summed E-state index contributed by atoms with van der Waals surface area (Å²) in [4.78, 5) is 16.0. The van der Waals surface area contributed by atoms with Gasteiger partial charge in [0, 0.05) is 40.5 Å². The van der Waals surface area contributed by atoms with Crippen LogP contribution < -0.4 is 5.46 Å². The van der Waals surface area contributed by atoms with Crippen molar-refractivity contribution in [2.45, 2.75) is 38.9 Å². The Morgan fingerprint density at radius 3 is 2.33 bits per heavy atom. The number of hydrogen-bond donors (Lipinski definition) is 0. The number of pyridine rings is 1. The number of Topliss-reactive ketones (excluding diaryl/α,β-unsaturated/α-hetero) is 1. The zero-order valence-corrected chi connectivity index (χ0v) is 13.8. The van der Waals surface area contributed by atoms with Gasteiger partial charge in [-0.3, -0.25) is 14.0 Å². The van der Waals surface area contributed by atoms with Gasteiger partial charge in [-0.25, -0.2) is 0 Å². The molecule has 114 valence electrons. The number of hydrogen-bond acceptors (Lipinski definition) is 5. The standard InChI is InChI=1S/C14H20BNO4S/c1-13(2)14(3,4)20-15(19-13)11-6-10(7-16-8-11)12(17)9-21(5)18/h6-8H,9H2,1-5H3. The molecule has 1 saturated heterocycles. The number of ketones is 1. The van der Waals surface area contributed by atoms with Crippen LogP contribution in [0, 0.1) is 0 Å². The van der Waals surface area contributed by atoms with E-state index < -0.39 is 29.1 Å². The van der Waals surface area contributed by atoms with E-state index in [9.17, 15) is 9.00 Å². The molecule has 21 heavy (non-hydrogen) atoms. The predicted molar refractivity (Wildman–Crippen MR) is 83.2 cm³/mol. The van der Waals surface area contributed by atoms with Crippen LogP contribution in [-0.2, 0) is 20.1 Å². The molecule has 7 heteroatoms. The molecule has 1 aliphatic rings. The van der Waals surface area contributed by atoms with Crippen molar-refractivity contribution in [1.29, 1.82) is 0 Å².